The highest BCUT2D eigenvalue weighted by molar-refractivity contribution is 7.92. The van der Waals surface area contributed by atoms with Gasteiger partial charge < -0.3 is 5.32 Å². The smallest absolute Gasteiger partial charge is 0.265 e. The molecule has 0 aliphatic rings. The zero-order valence-corrected chi connectivity index (χ0v) is 12.1. The third-order valence-corrected chi connectivity index (χ3v) is 4.12. The number of aryl methyl sites for hydroxylation is 1. The molecule has 0 amide bonds. The van der Waals surface area contributed by atoms with Crippen molar-refractivity contribution in [2.75, 3.05) is 16.6 Å². The van der Waals surface area contributed by atoms with E-state index in [1.54, 1.807) is 24.5 Å². The van der Waals surface area contributed by atoms with Gasteiger partial charge in [0.2, 0.25) is 0 Å². The SMILES string of the molecule is CCNc1ccncc1S(=O)(=O)Nc1cnccc1C. The standard InChI is InChI=1S/C13H16N4O2S/c1-3-16-11-5-7-15-9-13(11)20(18,19)17-12-8-14-6-4-10(12)2/h4-9,17H,3H2,1-2H3,(H,15,16). The average Bonchev–Trinajstić information content (AvgIpc) is 2.42. The van der Waals surface area contributed by atoms with Crippen LogP contribution in [-0.2, 0) is 10.0 Å². The van der Waals surface area contributed by atoms with Gasteiger partial charge in [-0.15, -0.1) is 0 Å². The van der Waals surface area contributed by atoms with Gasteiger partial charge in [-0.05, 0) is 31.5 Å². The number of pyridine rings is 2. The van der Waals surface area contributed by atoms with Crippen LogP contribution in [-0.4, -0.2) is 24.9 Å². The van der Waals surface area contributed by atoms with Gasteiger partial charge in [0.1, 0.15) is 4.90 Å². The van der Waals surface area contributed by atoms with Crippen molar-refractivity contribution in [3.8, 4) is 0 Å². The average molecular weight is 292 g/mol. The van der Waals surface area contributed by atoms with Crippen LogP contribution in [0.2, 0.25) is 0 Å². The molecule has 2 aromatic rings. The second-order valence-electron chi connectivity index (χ2n) is 4.20. The zero-order valence-electron chi connectivity index (χ0n) is 11.3. The fourth-order valence-corrected chi connectivity index (χ4v) is 2.94. The van der Waals surface area contributed by atoms with E-state index in [2.05, 4.69) is 20.0 Å². The Bertz CT molecular complexity index is 701. The minimum Gasteiger partial charge on any atom is -0.384 e. The van der Waals surface area contributed by atoms with Crippen LogP contribution in [0.4, 0.5) is 11.4 Å². The normalized spacial score (nSPS) is 11.1. The molecule has 0 fully saturated rings. The first-order chi connectivity index (χ1) is 9.54. The Morgan fingerprint density at radius 3 is 2.50 bits per heavy atom. The quantitative estimate of drug-likeness (QED) is 0.880. The Kier molecular flexibility index (Phi) is 4.19. The second kappa shape index (κ2) is 5.87. The van der Waals surface area contributed by atoms with Crippen LogP contribution >= 0.6 is 0 Å². The van der Waals surface area contributed by atoms with E-state index in [0.717, 1.165) is 5.56 Å². The molecule has 0 atom stereocenters. The van der Waals surface area contributed by atoms with Crippen LogP contribution in [0.1, 0.15) is 12.5 Å². The Morgan fingerprint density at radius 1 is 1.10 bits per heavy atom. The lowest BCUT2D eigenvalue weighted by atomic mass is 10.3. The summed E-state index contributed by atoms with van der Waals surface area (Å²) in [6.45, 7) is 4.34. The largest absolute Gasteiger partial charge is 0.384 e. The summed E-state index contributed by atoms with van der Waals surface area (Å²) in [5.74, 6) is 0. The molecule has 0 unspecified atom stereocenters. The molecule has 2 heterocycles. The van der Waals surface area contributed by atoms with E-state index in [9.17, 15) is 8.42 Å². The Labute approximate surface area is 118 Å². The molecule has 2 N–H and O–H groups in total. The monoisotopic (exact) mass is 292 g/mol. The third-order valence-electron chi connectivity index (χ3n) is 2.72. The molecule has 7 heteroatoms. The van der Waals surface area contributed by atoms with E-state index < -0.39 is 10.0 Å². The van der Waals surface area contributed by atoms with Gasteiger partial charge in [0, 0.05) is 25.1 Å². The van der Waals surface area contributed by atoms with Crippen molar-refractivity contribution in [3.05, 3.63) is 42.5 Å². The minimum atomic E-state index is -3.70. The van der Waals surface area contributed by atoms with Crippen molar-refractivity contribution < 1.29 is 8.42 Å². The molecular weight excluding hydrogens is 276 g/mol. The lowest BCUT2D eigenvalue weighted by Gasteiger charge is -2.13. The van der Waals surface area contributed by atoms with Gasteiger partial charge in [0.05, 0.1) is 17.6 Å². The molecule has 0 saturated carbocycles. The summed E-state index contributed by atoms with van der Waals surface area (Å²) >= 11 is 0. The summed E-state index contributed by atoms with van der Waals surface area (Å²) in [7, 11) is -3.70. The molecular formula is C13H16N4O2S. The van der Waals surface area contributed by atoms with Gasteiger partial charge in [-0.1, -0.05) is 0 Å². The van der Waals surface area contributed by atoms with Gasteiger partial charge in [-0.25, -0.2) is 8.42 Å². The van der Waals surface area contributed by atoms with E-state index in [4.69, 9.17) is 0 Å². The fraction of sp³-hybridized carbons (Fsp3) is 0.231. The van der Waals surface area contributed by atoms with Gasteiger partial charge >= 0.3 is 0 Å². The summed E-state index contributed by atoms with van der Waals surface area (Å²) in [6, 6.07) is 3.38. The van der Waals surface area contributed by atoms with Crippen molar-refractivity contribution in [3.63, 3.8) is 0 Å². The lowest BCUT2D eigenvalue weighted by molar-refractivity contribution is 0.601. The van der Waals surface area contributed by atoms with Crippen LogP contribution in [0, 0.1) is 6.92 Å². The Morgan fingerprint density at radius 2 is 1.80 bits per heavy atom. The first-order valence-corrected chi connectivity index (χ1v) is 7.64. The van der Waals surface area contributed by atoms with E-state index in [1.165, 1.54) is 12.4 Å². The maximum atomic E-state index is 12.4. The van der Waals surface area contributed by atoms with Gasteiger partial charge in [0.25, 0.3) is 10.0 Å². The van der Waals surface area contributed by atoms with Crippen LogP contribution in [0.5, 0.6) is 0 Å². The predicted octanol–water partition coefficient (Wildman–Crippen LogP) is 2.02. The van der Waals surface area contributed by atoms with Crippen molar-refractivity contribution in [1.82, 2.24) is 9.97 Å². The van der Waals surface area contributed by atoms with Crippen LogP contribution in [0.15, 0.2) is 41.8 Å². The number of nitrogens with zero attached hydrogens (tertiary/aromatic N) is 2. The molecule has 20 heavy (non-hydrogen) atoms. The molecule has 0 aliphatic carbocycles. The fourth-order valence-electron chi connectivity index (χ4n) is 1.70. The van der Waals surface area contributed by atoms with Crippen molar-refractivity contribution in [2.45, 2.75) is 18.7 Å². The van der Waals surface area contributed by atoms with Gasteiger partial charge in [-0.2, -0.15) is 0 Å². The van der Waals surface area contributed by atoms with Crippen LogP contribution < -0.4 is 10.0 Å². The molecule has 0 bridgehead atoms. The van der Waals surface area contributed by atoms with Crippen molar-refractivity contribution in [2.24, 2.45) is 0 Å². The van der Waals surface area contributed by atoms with E-state index >= 15 is 0 Å². The number of hydrogen-bond acceptors (Lipinski definition) is 5. The highest BCUT2D eigenvalue weighted by atomic mass is 32.2. The maximum Gasteiger partial charge on any atom is 0.265 e. The molecule has 2 aromatic heterocycles. The Hall–Kier alpha value is -2.15. The molecule has 0 aliphatic heterocycles. The number of aromatic nitrogens is 2. The van der Waals surface area contributed by atoms with Gasteiger partial charge in [0.15, 0.2) is 0 Å². The maximum absolute atomic E-state index is 12.4. The first kappa shape index (κ1) is 14.3. The van der Waals surface area contributed by atoms with Crippen molar-refractivity contribution in [1.29, 1.82) is 0 Å². The highest BCUT2D eigenvalue weighted by Gasteiger charge is 2.19. The topological polar surface area (TPSA) is 84.0 Å². The van der Waals surface area contributed by atoms with E-state index in [-0.39, 0.29) is 4.90 Å². The number of anilines is 2. The number of sulfonamides is 1. The molecule has 106 valence electrons. The van der Waals surface area contributed by atoms with Crippen molar-refractivity contribution >= 4 is 21.4 Å². The zero-order chi connectivity index (χ0) is 14.6. The lowest BCUT2D eigenvalue weighted by Crippen LogP contribution is -2.16. The minimum absolute atomic E-state index is 0.116. The molecule has 6 nitrogen and oxygen atoms in total. The molecule has 0 aromatic carbocycles. The molecule has 0 radical (unpaired) electrons. The summed E-state index contributed by atoms with van der Waals surface area (Å²) in [5, 5.41) is 3.01. The van der Waals surface area contributed by atoms with E-state index in [1.807, 2.05) is 13.8 Å². The third kappa shape index (κ3) is 3.05. The molecule has 2 rings (SSSR count). The highest BCUT2D eigenvalue weighted by Crippen LogP contribution is 2.23. The Balaban J connectivity index is 2.39. The second-order valence-corrected chi connectivity index (χ2v) is 5.85. The summed E-state index contributed by atoms with van der Waals surface area (Å²) in [5.41, 5.74) is 1.79. The van der Waals surface area contributed by atoms with E-state index in [0.29, 0.717) is 17.9 Å². The summed E-state index contributed by atoms with van der Waals surface area (Å²) < 4.78 is 27.4. The number of hydrogen-bond donors (Lipinski definition) is 2. The summed E-state index contributed by atoms with van der Waals surface area (Å²) in [4.78, 5) is 7.92. The summed E-state index contributed by atoms with van der Waals surface area (Å²) in [6.07, 6.45) is 5.97. The molecule has 0 spiro atoms. The van der Waals surface area contributed by atoms with Gasteiger partial charge in [-0.3, -0.25) is 14.7 Å². The number of nitrogens with one attached hydrogen (secondary N) is 2. The van der Waals surface area contributed by atoms with Crippen LogP contribution in [0.25, 0.3) is 0 Å². The predicted molar refractivity (Wildman–Crippen MR) is 78.2 cm³/mol. The molecule has 0 saturated heterocycles. The number of rotatable bonds is 5. The first-order valence-electron chi connectivity index (χ1n) is 6.16. The van der Waals surface area contributed by atoms with Crippen LogP contribution in [0.3, 0.4) is 0 Å².